The summed E-state index contributed by atoms with van der Waals surface area (Å²) in [5.74, 6) is 0.853. The van der Waals surface area contributed by atoms with Gasteiger partial charge < -0.3 is 4.74 Å². The maximum atomic E-state index is 8.65. The van der Waals surface area contributed by atoms with Crippen LogP contribution < -0.4 is 4.74 Å². The lowest BCUT2D eigenvalue weighted by atomic mass is 10.2. The molecule has 0 amide bonds. The number of nitriles is 1. The molecule has 84 valence electrons. The minimum Gasteiger partial charge on any atom is -0.454 e. The fourth-order valence-corrected chi connectivity index (χ4v) is 1.40. The second kappa shape index (κ2) is 5.00. The Morgan fingerprint density at radius 1 is 1.12 bits per heavy atom. The zero-order valence-electron chi connectivity index (χ0n) is 8.39. The van der Waals surface area contributed by atoms with Gasteiger partial charge in [0, 0.05) is 6.07 Å². The van der Waals surface area contributed by atoms with Gasteiger partial charge in [-0.15, -0.1) is 10.2 Å². The predicted molar refractivity (Wildman–Crippen MR) is 63.3 cm³/mol. The van der Waals surface area contributed by atoms with Crippen molar-refractivity contribution in [2.24, 2.45) is 0 Å². The third-order valence-corrected chi connectivity index (χ3v) is 2.34. The summed E-state index contributed by atoms with van der Waals surface area (Å²) in [4.78, 5) is 0. The summed E-state index contributed by atoms with van der Waals surface area (Å²) >= 11 is 11.5. The number of benzene rings is 1. The van der Waals surface area contributed by atoms with Crippen LogP contribution in [0.25, 0.3) is 0 Å². The van der Waals surface area contributed by atoms with Gasteiger partial charge in [-0.1, -0.05) is 23.2 Å². The zero-order valence-corrected chi connectivity index (χ0v) is 9.90. The number of hydrogen-bond acceptors (Lipinski definition) is 4. The van der Waals surface area contributed by atoms with Gasteiger partial charge in [-0.3, -0.25) is 0 Å². The second-order valence-corrected chi connectivity index (χ2v) is 3.81. The SMILES string of the molecule is N#Cc1ccc(Oc2cc(Cl)nnc2Cl)cc1. The average Bonchev–Trinajstić information content (AvgIpc) is 2.35. The molecule has 0 saturated carbocycles. The van der Waals surface area contributed by atoms with Crippen LogP contribution >= 0.6 is 23.2 Å². The van der Waals surface area contributed by atoms with Gasteiger partial charge in [0.15, 0.2) is 16.1 Å². The normalized spacial score (nSPS) is 9.71. The minimum atomic E-state index is 0.124. The molecule has 0 spiro atoms. The van der Waals surface area contributed by atoms with E-state index in [4.69, 9.17) is 33.2 Å². The van der Waals surface area contributed by atoms with E-state index in [1.54, 1.807) is 24.3 Å². The van der Waals surface area contributed by atoms with Gasteiger partial charge in [-0.2, -0.15) is 5.26 Å². The van der Waals surface area contributed by atoms with Crippen molar-refractivity contribution < 1.29 is 4.74 Å². The molecule has 0 atom stereocenters. The molecule has 0 fully saturated rings. The molecule has 6 heteroatoms. The van der Waals surface area contributed by atoms with E-state index in [0.717, 1.165) is 0 Å². The molecule has 17 heavy (non-hydrogen) atoms. The van der Waals surface area contributed by atoms with Crippen LogP contribution in [0.3, 0.4) is 0 Å². The van der Waals surface area contributed by atoms with Gasteiger partial charge in [-0.05, 0) is 24.3 Å². The van der Waals surface area contributed by atoms with E-state index in [-0.39, 0.29) is 10.3 Å². The van der Waals surface area contributed by atoms with Crippen LogP contribution in [0.2, 0.25) is 10.3 Å². The van der Waals surface area contributed by atoms with E-state index in [1.165, 1.54) is 6.07 Å². The van der Waals surface area contributed by atoms with Crippen LogP contribution in [0.5, 0.6) is 11.5 Å². The molecule has 1 aromatic heterocycles. The minimum absolute atomic E-state index is 0.124. The Hall–Kier alpha value is -1.83. The predicted octanol–water partition coefficient (Wildman–Crippen LogP) is 3.45. The maximum Gasteiger partial charge on any atom is 0.194 e. The molecular weight excluding hydrogens is 261 g/mol. The van der Waals surface area contributed by atoms with Crippen molar-refractivity contribution in [3.63, 3.8) is 0 Å². The summed E-state index contributed by atoms with van der Waals surface area (Å²) in [6.45, 7) is 0. The van der Waals surface area contributed by atoms with Crippen LogP contribution in [0.1, 0.15) is 5.56 Å². The first-order valence-electron chi connectivity index (χ1n) is 4.56. The van der Waals surface area contributed by atoms with Gasteiger partial charge in [0.25, 0.3) is 0 Å². The molecule has 4 nitrogen and oxygen atoms in total. The molecule has 1 heterocycles. The summed E-state index contributed by atoms with van der Waals surface area (Å²) in [5.41, 5.74) is 0.550. The quantitative estimate of drug-likeness (QED) is 0.835. The smallest absolute Gasteiger partial charge is 0.194 e. The molecule has 2 aromatic rings. The number of nitrogens with zero attached hydrogens (tertiary/aromatic N) is 3. The second-order valence-electron chi connectivity index (χ2n) is 3.06. The Kier molecular flexibility index (Phi) is 3.43. The maximum absolute atomic E-state index is 8.65. The summed E-state index contributed by atoms with van der Waals surface area (Å²) in [7, 11) is 0. The van der Waals surface area contributed by atoms with Crippen molar-refractivity contribution in [1.82, 2.24) is 10.2 Å². The summed E-state index contributed by atoms with van der Waals surface area (Å²) in [6, 6.07) is 10.1. The van der Waals surface area contributed by atoms with E-state index in [0.29, 0.717) is 17.1 Å². The first kappa shape index (κ1) is 11.6. The van der Waals surface area contributed by atoms with Crippen molar-refractivity contribution in [2.75, 3.05) is 0 Å². The van der Waals surface area contributed by atoms with Crippen LogP contribution in [0.4, 0.5) is 0 Å². The van der Waals surface area contributed by atoms with Gasteiger partial charge in [0.2, 0.25) is 0 Å². The van der Waals surface area contributed by atoms with Crippen molar-refractivity contribution in [1.29, 1.82) is 5.26 Å². The topological polar surface area (TPSA) is 58.8 Å². The van der Waals surface area contributed by atoms with Gasteiger partial charge in [-0.25, -0.2) is 0 Å². The standard InChI is InChI=1S/C11H5Cl2N3O/c12-10-5-9(11(13)16-15-10)17-8-3-1-7(6-14)2-4-8/h1-5H. The Morgan fingerprint density at radius 2 is 1.82 bits per heavy atom. The fraction of sp³-hybridized carbons (Fsp3) is 0. The van der Waals surface area contributed by atoms with Gasteiger partial charge >= 0.3 is 0 Å². The Bertz CT molecular complexity index is 578. The summed E-state index contributed by atoms with van der Waals surface area (Å²) in [6.07, 6.45) is 0. The molecule has 0 unspecified atom stereocenters. The molecule has 0 aliphatic rings. The Morgan fingerprint density at radius 3 is 2.47 bits per heavy atom. The van der Waals surface area contributed by atoms with E-state index in [2.05, 4.69) is 10.2 Å². The zero-order chi connectivity index (χ0) is 12.3. The highest BCUT2D eigenvalue weighted by Gasteiger charge is 2.06. The lowest BCUT2D eigenvalue weighted by Gasteiger charge is -2.06. The van der Waals surface area contributed by atoms with Gasteiger partial charge in [0.1, 0.15) is 5.75 Å². The van der Waals surface area contributed by atoms with E-state index >= 15 is 0 Å². The Balaban J connectivity index is 2.25. The van der Waals surface area contributed by atoms with Crippen molar-refractivity contribution in [3.8, 4) is 17.6 Å². The monoisotopic (exact) mass is 265 g/mol. The van der Waals surface area contributed by atoms with Crippen LogP contribution in [-0.2, 0) is 0 Å². The molecule has 0 aliphatic carbocycles. The first-order chi connectivity index (χ1) is 8.19. The summed E-state index contributed by atoms with van der Waals surface area (Å²) in [5, 5.41) is 16.2. The first-order valence-corrected chi connectivity index (χ1v) is 5.31. The molecule has 0 saturated heterocycles. The number of hydrogen-bond donors (Lipinski definition) is 0. The largest absolute Gasteiger partial charge is 0.454 e. The molecule has 1 aromatic carbocycles. The number of ether oxygens (including phenoxy) is 1. The van der Waals surface area contributed by atoms with E-state index in [9.17, 15) is 0 Å². The number of halogens is 2. The lowest BCUT2D eigenvalue weighted by Crippen LogP contribution is -1.90. The number of aromatic nitrogens is 2. The van der Waals surface area contributed by atoms with Crippen molar-refractivity contribution in [3.05, 3.63) is 46.2 Å². The molecule has 0 radical (unpaired) electrons. The van der Waals surface area contributed by atoms with Crippen LogP contribution in [0.15, 0.2) is 30.3 Å². The third-order valence-electron chi connectivity index (χ3n) is 1.90. The molecule has 0 N–H and O–H groups in total. The Labute approximate surface area is 107 Å². The van der Waals surface area contributed by atoms with Crippen molar-refractivity contribution >= 4 is 23.2 Å². The van der Waals surface area contributed by atoms with Crippen LogP contribution in [0, 0.1) is 11.3 Å². The van der Waals surface area contributed by atoms with Crippen LogP contribution in [-0.4, -0.2) is 10.2 Å². The molecule has 2 rings (SSSR count). The van der Waals surface area contributed by atoms with E-state index in [1.807, 2.05) is 6.07 Å². The highest BCUT2D eigenvalue weighted by molar-refractivity contribution is 6.32. The highest BCUT2D eigenvalue weighted by atomic mass is 35.5. The van der Waals surface area contributed by atoms with E-state index < -0.39 is 0 Å². The third kappa shape index (κ3) is 2.84. The number of rotatable bonds is 2. The average molecular weight is 266 g/mol. The highest BCUT2D eigenvalue weighted by Crippen LogP contribution is 2.28. The van der Waals surface area contributed by atoms with Crippen molar-refractivity contribution in [2.45, 2.75) is 0 Å². The van der Waals surface area contributed by atoms with Gasteiger partial charge in [0.05, 0.1) is 11.6 Å². The lowest BCUT2D eigenvalue weighted by molar-refractivity contribution is 0.478. The molecule has 0 aliphatic heterocycles. The molecule has 0 bridgehead atoms. The summed E-state index contributed by atoms with van der Waals surface area (Å²) < 4.78 is 5.46. The fourth-order valence-electron chi connectivity index (χ4n) is 1.13. The molecular formula is C11H5Cl2N3O.